The molecule has 0 unspecified atom stereocenters. The van der Waals surface area contributed by atoms with Gasteiger partial charge in [-0.15, -0.1) is 0 Å². The molecular formula is C15H13FN2O2. The molecule has 5 heteroatoms. The van der Waals surface area contributed by atoms with Crippen LogP contribution < -0.4 is 4.74 Å². The highest BCUT2D eigenvalue weighted by Gasteiger charge is 2.12. The van der Waals surface area contributed by atoms with Crippen molar-refractivity contribution >= 4 is 12.0 Å². The van der Waals surface area contributed by atoms with E-state index in [4.69, 9.17) is 4.74 Å². The van der Waals surface area contributed by atoms with Gasteiger partial charge in [0.25, 0.3) is 0 Å². The minimum absolute atomic E-state index is 0.288. The molecule has 0 spiro atoms. The van der Waals surface area contributed by atoms with Crippen LogP contribution in [-0.2, 0) is 4.79 Å². The molecule has 0 amide bonds. The third kappa shape index (κ3) is 3.71. The monoisotopic (exact) mass is 272 g/mol. The van der Waals surface area contributed by atoms with Crippen molar-refractivity contribution in [2.24, 2.45) is 0 Å². The maximum atomic E-state index is 13.8. The zero-order valence-electron chi connectivity index (χ0n) is 11.1. The number of esters is 1. The second-order valence-electron chi connectivity index (χ2n) is 4.18. The van der Waals surface area contributed by atoms with Crippen LogP contribution in [0.4, 0.5) is 4.39 Å². The fourth-order valence-corrected chi connectivity index (χ4v) is 1.65. The normalized spacial score (nSPS) is 11.2. The third-order valence-corrected chi connectivity index (χ3v) is 2.41. The first-order valence-corrected chi connectivity index (χ1v) is 6.01. The van der Waals surface area contributed by atoms with E-state index < -0.39 is 11.8 Å². The van der Waals surface area contributed by atoms with Crippen molar-refractivity contribution in [1.82, 2.24) is 9.97 Å². The fraction of sp³-hybridized carbons (Fsp3) is 0.133. The Morgan fingerprint density at radius 1 is 1.20 bits per heavy atom. The Labute approximate surface area is 116 Å². The lowest BCUT2D eigenvalue weighted by molar-refractivity contribution is -0.131. The van der Waals surface area contributed by atoms with E-state index in [0.29, 0.717) is 17.2 Å². The molecule has 0 saturated heterocycles. The highest BCUT2D eigenvalue weighted by molar-refractivity contribution is 5.92. The summed E-state index contributed by atoms with van der Waals surface area (Å²) in [7, 11) is 0. The quantitative estimate of drug-likeness (QED) is 0.489. The van der Waals surface area contributed by atoms with Gasteiger partial charge in [-0.2, -0.15) is 4.39 Å². The first-order valence-electron chi connectivity index (χ1n) is 6.01. The molecule has 0 aliphatic carbocycles. The summed E-state index contributed by atoms with van der Waals surface area (Å²) in [6.45, 7) is 3.47. The summed E-state index contributed by atoms with van der Waals surface area (Å²) < 4.78 is 18.6. The second kappa shape index (κ2) is 6.06. The van der Waals surface area contributed by atoms with Crippen LogP contribution in [0.1, 0.15) is 17.2 Å². The number of halogens is 1. The summed E-state index contributed by atoms with van der Waals surface area (Å²) in [6, 6.07) is 9.90. The molecule has 0 aliphatic rings. The smallest absolute Gasteiger partial charge is 0.372 e. The van der Waals surface area contributed by atoms with Crippen molar-refractivity contribution < 1.29 is 13.9 Å². The maximum Gasteiger partial charge on any atom is 0.372 e. The van der Waals surface area contributed by atoms with Gasteiger partial charge in [0, 0.05) is 11.8 Å². The van der Waals surface area contributed by atoms with Crippen molar-refractivity contribution in [2.45, 2.75) is 13.8 Å². The number of hydrogen-bond acceptors (Lipinski definition) is 4. The van der Waals surface area contributed by atoms with E-state index >= 15 is 0 Å². The molecule has 4 nitrogen and oxygen atoms in total. The van der Waals surface area contributed by atoms with Crippen LogP contribution in [0.5, 0.6) is 5.75 Å². The van der Waals surface area contributed by atoms with Crippen molar-refractivity contribution in [3.05, 3.63) is 59.4 Å². The Balaban J connectivity index is 2.15. The Morgan fingerprint density at radius 2 is 1.90 bits per heavy atom. The summed E-state index contributed by atoms with van der Waals surface area (Å²) >= 11 is 0. The predicted octanol–water partition coefficient (Wildman–Crippen LogP) is 3.01. The van der Waals surface area contributed by atoms with Crippen LogP contribution >= 0.6 is 0 Å². The molecule has 2 aromatic rings. The predicted molar refractivity (Wildman–Crippen MR) is 72.7 cm³/mol. The van der Waals surface area contributed by atoms with Crippen molar-refractivity contribution in [3.8, 4) is 5.75 Å². The first-order chi connectivity index (χ1) is 9.54. The van der Waals surface area contributed by atoms with Crippen molar-refractivity contribution in [2.75, 3.05) is 0 Å². The van der Waals surface area contributed by atoms with Crippen LogP contribution in [0.3, 0.4) is 0 Å². The number of carbonyl (C=O) groups excluding carboxylic acids is 1. The zero-order chi connectivity index (χ0) is 14.5. The van der Waals surface area contributed by atoms with Crippen molar-refractivity contribution in [3.63, 3.8) is 0 Å². The van der Waals surface area contributed by atoms with E-state index in [0.717, 1.165) is 6.08 Å². The molecule has 1 aromatic carbocycles. The number of hydrogen-bond donors (Lipinski definition) is 0. The molecule has 0 saturated carbocycles. The number of carbonyl (C=O) groups is 1. The van der Waals surface area contributed by atoms with E-state index in [1.54, 1.807) is 50.2 Å². The number of nitrogens with zero attached hydrogens (tertiary/aromatic N) is 2. The Morgan fingerprint density at radius 3 is 2.55 bits per heavy atom. The minimum Gasteiger partial charge on any atom is -0.421 e. The van der Waals surface area contributed by atoms with E-state index in [1.807, 2.05) is 0 Å². The van der Waals surface area contributed by atoms with Gasteiger partial charge in [0.15, 0.2) is 0 Å². The number of benzene rings is 1. The summed E-state index contributed by atoms with van der Waals surface area (Å²) in [6.07, 6.45) is 1.03. The number of para-hydroxylation sites is 1. The van der Waals surface area contributed by atoms with Gasteiger partial charge in [-0.3, -0.25) is 0 Å². The molecular weight excluding hydrogens is 259 g/mol. The highest BCUT2D eigenvalue weighted by atomic mass is 19.1. The highest BCUT2D eigenvalue weighted by Crippen LogP contribution is 2.13. The van der Waals surface area contributed by atoms with Gasteiger partial charge in [-0.05, 0) is 32.0 Å². The topological polar surface area (TPSA) is 52.1 Å². The molecule has 0 bridgehead atoms. The third-order valence-electron chi connectivity index (χ3n) is 2.41. The van der Waals surface area contributed by atoms with Gasteiger partial charge in [-0.25, -0.2) is 14.8 Å². The van der Waals surface area contributed by atoms with E-state index in [9.17, 15) is 9.18 Å². The lowest BCUT2D eigenvalue weighted by Gasteiger charge is -2.02. The summed E-state index contributed by atoms with van der Waals surface area (Å²) in [4.78, 5) is 19.7. The molecule has 0 atom stereocenters. The van der Waals surface area contributed by atoms with E-state index in [1.165, 1.54) is 0 Å². The zero-order valence-corrected chi connectivity index (χ0v) is 11.1. The number of aryl methyl sites for hydroxylation is 2. The molecule has 0 radical (unpaired) electrons. The summed E-state index contributed by atoms with van der Waals surface area (Å²) in [5.41, 5.74) is 1.03. The van der Waals surface area contributed by atoms with Crippen LogP contribution in [0.15, 0.2) is 42.2 Å². The van der Waals surface area contributed by atoms with Gasteiger partial charge in [-0.1, -0.05) is 18.2 Å². The molecule has 2 rings (SSSR count). The van der Waals surface area contributed by atoms with Gasteiger partial charge >= 0.3 is 5.97 Å². The Bertz CT molecular complexity index is 634. The standard InChI is InChI=1S/C15H13FN2O2/c1-10-8-12(18-11(2)17-10)9-14(16)15(19)20-13-6-4-3-5-7-13/h3-9H,1-2H3/b14-9-. The van der Waals surface area contributed by atoms with Crippen LogP contribution in [0, 0.1) is 13.8 Å². The van der Waals surface area contributed by atoms with Gasteiger partial charge in [0.05, 0.1) is 5.69 Å². The number of rotatable bonds is 3. The van der Waals surface area contributed by atoms with Gasteiger partial charge in [0.2, 0.25) is 5.83 Å². The molecule has 0 N–H and O–H groups in total. The fourth-order valence-electron chi connectivity index (χ4n) is 1.65. The average molecular weight is 272 g/mol. The van der Waals surface area contributed by atoms with Crippen LogP contribution in [0.2, 0.25) is 0 Å². The lowest BCUT2D eigenvalue weighted by atomic mass is 10.3. The van der Waals surface area contributed by atoms with Crippen LogP contribution in [-0.4, -0.2) is 15.9 Å². The molecule has 1 heterocycles. The van der Waals surface area contributed by atoms with Crippen LogP contribution in [0.25, 0.3) is 6.08 Å². The molecule has 0 aliphatic heterocycles. The summed E-state index contributed by atoms with van der Waals surface area (Å²) in [5.74, 6) is -1.26. The largest absolute Gasteiger partial charge is 0.421 e. The first kappa shape index (κ1) is 13.9. The van der Waals surface area contributed by atoms with Gasteiger partial charge in [0.1, 0.15) is 11.6 Å². The number of ether oxygens (including phenoxy) is 1. The molecule has 20 heavy (non-hydrogen) atoms. The molecule has 1 aromatic heterocycles. The average Bonchev–Trinajstić information content (AvgIpc) is 2.38. The van der Waals surface area contributed by atoms with E-state index in [2.05, 4.69) is 9.97 Å². The van der Waals surface area contributed by atoms with Gasteiger partial charge < -0.3 is 4.74 Å². The molecule has 102 valence electrons. The lowest BCUT2D eigenvalue weighted by Crippen LogP contribution is -2.08. The summed E-state index contributed by atoms with van der Waals surface area (Å²) in [5, 5.41) is 0. The van der Waals surface area contributed by atoms with Crippen molar-refractivity contribution in [1.29, 1.82) is 0 Å². The minimum atomic E-state index is -1.05. The van der Waals surface area contributed by atoms with E-state index in [-0.39, 0.29) is 5.75 Å². The number of aromatic nitrogens is 2. The second-order valence-corrected chi connectivity index (χ2v) is 4.18. The Hall–Kier alpha value is -2.56. The SMILES string of the molecule is Cc1cc(/C=C(\F)C(=O)Oc2ccccc2)nc(C)n1. The Kier molecular flexibility index (Phi) is 4.20. The maximum absolute atomic E-state index is 13.8. The molecule has 0 fully saturated rings.